The van der Waals surface area contributed by atoms with Crippen molar-refractivity contribution >= 4 is 37.2 Å². The molecule has 0 aromatic heterocycles. The van der Waals surface area contributed by atoms with E-state index >= 15 is 0 Å². The summed E-state index contributed by atoms with van der Waals surface area (Å²) in [7, 11) is 0. The molecule has 4 nitrogen and oxygen atoms in total. The molecule has 0 aromatic rings. The SMILES string of the molecule is O=C(O)C1(S)C=CC(S)(C(=O)O)C=C1. The van der Waals surface area contributed by atoms with Gasteiger partial charge >= 0.3 is 11.9 Å². The Morgan fingerprint density at radius 3 is 1.21 bits per heavy atom. The number of rotatable bonds is 2. The number of hydrogen-bond donors (Lipinski definition) is 4. The van der Waals surface area contributed by atoms with E-state index < -0.39 is 21.4 Å². The van der Waals surface area contributed by atoms with E-state index in [0.717, 1.165) is 0 Å². The van der Waals surface area contributed by atoms with E-state index in [1.54, 1.807) is 0 Å². The van der Waals surface area contributed by atoms with E-state index in [-0.39, 0.29) is 0 Å². The van der Waals surface area contributed by atoms with Crippen LogP contribution in [0.3, 0.4) is 0 Å². The van der Waals surface area contributed by atoms with Crippen molar-refractivity contribution in [3.63, 3.8) is 0 Å². The molecule has 0 radical (unpaired) electrons. The van der Waals surface area contributed by atoms with Crippen LogP contribution in [0.1, 0.15) is 0 Å². The zero-order valence-corrected chi connectivity index (χ0v) is 8.70. The summed E-state index contributed by atoms with van der Waals surface area (Å²) in [5.74, 6) is -2.32. The van der Waals surface area contributed by atoms with Crippen molar-refractivity contribution in [1.82, 2.24) is 0 Å². The molecular weight excluding hydrogens is 224 g/mol. The highest BCUT2D eigenvalue weighted by atomic mass is 32.1. The summed E-state index contributed by atoms with van der Waals surface area (Å²) in [6.45, 7) is 0. The van der Waals surface area contributed by atoms with Crippen LogP contribution in [0.2, 0.25) is 0 Å². The molecule has 0 fully saturated rings. The largest absolute Gasteiger partial charge is 0.480 e. The Labute approximate surface area is 91.1 Å². The van der Waals surface area contributed by atoms with Gasteiger partial charge in [0.2, 0.25) is 0 Å². The molecule has 1 aliphatic rings. The molecule has 0 aromatic carbocycles. The predicted molar refractivity (Wildman–Crippen MR) is 57.0 cm³/mol. The van der Waals surface area contributed by atoms with Gasteiger partial charge in [0.05, 0.1) is 0 Å². The fourth-order valence-corrected chi connectivity index (χ4v) is 1.20. The van der Waals surface area contributed by atoms with Crippen LogP contribution in [0.4, 0.5) is 0 Å². The topological polar surface area (TPSA) is 74.6 Å². The van der Waals surface area contributed by atoms with Gasteiger partial charge in [0.1, 0.15) is 9.49 Å². The van der Waals surface area contributed by atoms with Gasteiger partial charge in [0.25, 0.3) is 0 Å². The fourth-order valence-electron chi connectivity index (χ4n) is 0.904. The first-order valence-corrected chi connectivity index (χ1v) is 4.52. The minimum atomic E-state index is -1.44. The van der Waals surface area contributed by atoms with Gasteiger partial charge in [-0.05, 0) is 0 Å². The van der Waals surface area contributed by atoms with Crippen LogP contribution < -0.4 is 0 Å². The third kappa shape index (κ3) is 1.80. The lowest BCUT2D eigenvalue weighted by Gasteiger charge is -2.25. The number of hydrogen-bond acceptors (Lipinski definition) is 4. The molecule has 0 aliphatic heterocycles. The maximum absolute atomic E-state index is 10.7. The van der Waals surface area contributed by atoms with E-state index in [0.29, 0.717) is 0 Å². The molecule has 76 valence electrons. The van der Waals surface area contributed by atoms with E-state index in [2.05, 4.69) is 25.3 Å². The third-order valence-electron chi connectivity index (χ3n) is 1.87. The maximum atomic E-state index is 10.7. The molecular formula is C8H8O4S2. The maximum Gasteiger partial charge on any atom is 0.327 e. The van der Waals surface area contributed by atoms with Crippen LogP contribution >= 0.6 is 25.3 Å². The Morgan fingerprint density at radius 1 is 0.857 bits per heavy atom. The highest BCUT2D eigenvalue weighted by Crippen LogP contribution is 2.31. The van der Waals surface area contributed by atoms with Crippen molar-refractivity contribution in [2.75, 3.05) is 0 Å². The second-order valence-corrected chi connectivity index (χ2v) is 4.41. The first-order valence-electron chi connectivity index (χ1n) is 3.62. The summed E-state index contributed by atoms with van der Waals surface area (Å²) in [6.07, 6.45) is 4.78. The molecule has 0 saturated carbocycles. The quantitative estimate of drug-likeness (QED) is 0.416. The Balaban J connectivity index is 3.01. The molecule has 1 aliphatic carbocycles. The van der Waals surface area contributed by atoms with Crippen LogP contribution in [0, 0.1) is 0 Å². The smallest absolute Gasteiger partial charge is 0.327 e. The predicted octanol–water partition coefficient (Wildman–Crippen LogP) is 0.619. The third-order valence-corrected chi connectivity index (χ3v) is 2.85. The van der Waals surface area contributed by atoms with E-state index in [1.807, 2.05) is 0 Å². The van der Waals surface area contributed by atoms with Crippen LogP contribution in [0.15, 0.2) is 24.3 Å². The molecule has 0 atom stereocenters. The average molecular weight is 232 g/mol. The van der Waals surface area contributed by atoms with Gasteiger partial charge in [0.15, 0.2) is 0 Å². The van der Waals surface area contributed by atoms with Gasteiger partial charge in [-0.1, -0.05) is 24.3 Å². The van der Waals surface area contributed by atoms with Crippen molar-refractivity contribution in [3.8, 4) is 0 Å². The number of carbonyl (C=O) groups is 2. The van der Waals surface area contributed by atoms with E-state index in [1.165, 1.54) is 24.3 Å². The average Bonchev–Trinajstić information content (AvgIpc) is 2.10. The highest BCUT2D eigenvalue weighted by Gasteiger charge is 2.38. The second-order valence-electron chi connectivity index (χ2n) is 2.93. The fraction of sp³-hybridized carbons (Fsp3) is 0.250. The Morgan fingerprint density at radius 2 is 1.07 bits per heavy atom. The molecule has 1 rings (SSSR count). The molecule has 0 heterocycles. The van der Waals surface area contributed by atoms with Gasteiger partial charge in [0, 0.05) is 0 Å². The lowest BCUT2D eigenvalue weighted by Crippen LogP contribution is -2.36. The number of aliphatic carboxylic acids is 2. The summed E-state index contributed by atoms with van der Waals surface area (Å²) in [6, 6.07) is 0. The first-order chi connectivity index (χ1) is 6.30. The number of thiol groups is 2. The molecule has 0 saturated heterocycles. The molecule has 0 amide bonds. The monoisotopic (exact) mass is 232 g/mol. The molecule has 0 unspecified atom stereocenters. The van der Waals surface area contributed by atoms with E-state index in [4.69, 9.17) is 10.2 Å². The van der Waals surface area contributed by atoms with Crippen LogP contribution in [-0.2, 0) is 9.59 Å². The summed E-state index contributed by atoms with van der Waals surface area (Å²) in [5.41, 5.74) is 0. The van der Waals surface area contributed by atoms with E-state index in [9.17, 15) is 9.59 Å². The number of carboxylic acids is 2. The van der Waals surface area contributed by atoms with Crippen molar-refractivity contribution in [3.05, 3.63) is 24.3 Å². The molecule has 6 heteroatoms. The van der Waals surface area contributed by atoms with Gasteiger partial charge in [-0.2, -0.15) is 25.3 Å². The lowest BCUT2D eigenvalue weighted by molar-refractivity contribution is -0.139. The Bertz CT molecular complexity index is 299. The summed E-state index contributed by atoms with van der Waals surface area (Å²) in [4.78, 5) is 21.4. The summed E-state index contributed by atoms with van der Waals surface area (Å²) in [5, 5.41) is 17.5. The highest BCUT2D eigenvalue weighted by molar-refractivity contribution is 7.83. The normalized spacial score (nSPS) is 35.6. The summed E-state index contributed by atoms with van der Waals surface area (Å²) >= 11 is 7.78. The van der Waals surface area contributed by atoms with Crippen molar-refractivity contribution in [2.45, 2.75) is 9.49 Å². The Hall–Kier alpha value is -0.880. The zero-order valence-electron chi connectivity index (χ0n) is 6.91. The number of carboxylic acid groups (broad SMARTS) is 2. The van der Waals surface area contributed by atoms with Gasteiger partial charge in [-0.15, -0.1) is 0 Å². The lowest BCUT2D eigenvalue weighted by atomic mass is 9.95. The molecule has 0 bridgehead atoms. The van der Waals surface area contributed by atoms with Gasteiger partial charge in [-0.3, -0.25) is 9.59 Å². The van der Waals surface area contributed by atoms with Crippen LogP contribution in [0.25, 0.3) is 0 Å². The first kappa shape index (κ1) is 11.2. The van der Waals surface area contributed by atoms with Gasteiger partial charge < -0.3 is 10.2 Å². The second kappa shape index (κ2) is 3.36. The molecule has 14 heavy (non-hydrogen) atoms. The Kier molecular flexibility index (Phi) is 2.69. The van der Waals surface area contributed by atoms with Crippen LogP contribution in [0.5, 0.6) is 0 Å². The molecule has 0 spiro atoms. The van der Waals surface area contributed by atoms with Crippen LogP contribution in [-0.4, -0.2) is 31.6 Å². The van der Waals surface area contributed by atoms with Crippen molar-refractivity contribution in [2.24, 2.45) is 0 Å². The van der Waals surface area contributed by atoms with Crippen molar-refractivity contribution < 1.29 is 19.8 Å². The minimum Gasteiger partial charge on any atom is -0.480 e. The zero-order chi connectivity index (χ0) is 11.0. The van der Waals surface area contributed by atoms with Crippen molar-refractivity contribution in [1.29, 1.82) is 0 Å². The summed E-state index contributed by atoms with van der Waals surface area (Å²) < 4.78 is -2.89. The standard InChI is InChI=1S/C8H8O4S2/c9-5(10)7(13)1-2-8(14,4-3-7)6(11)12/h1-4,13-14H,(H,9,10)(H,11,12). The minimum absolute atomic E-state index is 1.16. The molecule has 2 N–H and O–H groups in total. The van der Waals surface area contributed by atoms with Gasteiger partial charge in [-0.25, -0.2) is 0 Å².